The summed E-state index contributed by atoms with van der Waals surface area (Å²) in [4.78, 5) is 16.9. The lowest BCUT2D eigenvalue weighted by atomic mass is 10.0. The van der Waals surface area contributed by atoms with Crippen LogP contribution >= 0.6 is 0 Å². The highest BCUT2D eigenvalue weighted by molar-refractivity contribution is 5.96. The van der Waals surface area contributed by atoms with Crippen molar-refractivity contribution >= 4 is 11.6 Å². The molecule has 2 N–H and O–H groups in total. The van der Waals surface area contributed by atoms with Crippen LogP contribution in [-0.2, 0) is 0 Å². The predicted molar refractivity (Wildman–Crippen MR) is 78.2 cm³/mol. The summed E-state index contributed by atoms with van der Waals surface area (Å²) in [7, 11) is 2.13. The maximum absolute atomic E-state index is 12.6. The van der Waals surface area contributed by atoms with Crippen LogP contribution in [0, 0.1) is 6.92 Å². The number of rotatable bonds is 2. The molecule has 0 spiro atoms. The fraction of sp³-hybridized carbons (Fsp3) is 0.533. The van der Waals surface area contributed by atoms with E-state index in [1.165, 1.54) is 0 Å². The minimum Gasteiger partial charge on any atom is -0.399 e. The van der Waals surface area contributed by atoms with Crippen molar-refractivity contribution in [2.24, 2.45) is 0 Å². The third kappa shape index (κ3) is 2.89. The Labute approximate surface area is 115 Å². The summed E-state index contributed by atoms with van der Waals surface area (Å²) in [6, 6.07) is 6.00. The molecule has 0 aliphatic carbocycles. The van der Waals surface area contributed by atoms with Crippen LogP contribution in [0.25, 0.3) is 0 Å². The molecule has 1 amide bonds. The van der Waals surface area contributed by atoms with E-state index in [2.05, 4.69) is 18.9 Å². The van der Waals surface area contributed by atoms with E-state index in [4.69, 9.17) is 5.73 Å². The molecular weight excluding hydrogens is 238 g/mol. The molecule has 1 unspecified atom stereocenters. The quantitative estimate of drug-likeness (QED) is 0.825. The van der Waals surface area contributed by atoms with E-state index in [1.807, 2.05) is 24.0 Å². The van der Waals surface area contributed by atoms with Crippen molar-refractivity contribution in [1.82, 2.24) is 9.80 Å². The number of likely N-dealkylation sites (N-methyl/N-ethyl adjacent to an activating group) is 1. The molecule has 0 saturated carbocycles. The molecule has 0 aromatic heterocycles. The Morgan fingerprint density at radius 2 is 2.16 bits per heavy atom. The average molecular weight is 261 g/mol. The highest BCUT2D eigenvalue weighted by atomic mass is 16.2. The van der Waals surface area contributed by atoms with Gasteiger partial charge in [0.25, 0.3) is 5.91 Å². The lowest BCUT2D eigenvalue weighted by Gasteiger charge is -2.39. The Hall–Kier alpha value is -1.55. The number of piperazine rings is 1. The van der Waals surface area contributed by atoms with Crippen LogP contribution in [0.2, 0.25) is 0 Å². The van der Waals surface area contributed by atoms with Crippen molar-refractivity contribution in [1.29, 1.82) is 0 Å². The van der Waals surface area contributed by atoms with Crippen LogP contribution < -0.4 is 5.73 Å². The number of nitrogen functional groups attached to an aromatic ring is 1. The molecule has 1 heterocycles. The smallest absolute Gasteiger partial charge is 0.254 e. The van der Waals surface area contributed by atoms with Gasteiger partial charge in [-0.2, -0.15) is 0 Å². The molecule has 19 heavy (non-hydrogen) atoms. The number of amides is 1. The van der Waals surface area contributed by atoms with Gasteiger partial charge in [-0.15, -0.1) is 0 Å². The van der Waals surface area contributed by atoms with Gasteiger partial charge < -0.3 is 10.6 Å². The van der Waals surface area contributed by atoms with Gasteiger partial charge in [-0.1, -0.05) is 13.0 Å². The molecule has 1 saturated heterocycles. The van der Waals surface area contributed by atoms with Gasteiger partial charge >= 0.3 is 0 Å². The van der Waals surface area contributed by atoms with Crippen molar-refractivity contribution in [3.63, 3.8) is 0 Å². The van der Waals surface area contributed by atoms with E-state index in [-0.39, 0.29) is 5.91 Å². The summed E-state index contributed by atoms with van der Waals surface area (Å²) >= 11 is 0. The summed E-state index contributed by atoms with van der Waals surface area (Å²) in [5.41, 5.74) is 8.17. The molecule has 1 atom stereocenters. The number of carbonyl (C=O) groups is 1. The summed E-state index contributed by atoms with van der Waals surface area (Å²) in [6.07, 6.45) is 1.07. The molecule has 0 bridgehead atoms. The maximum Gasteiger partial charge on any atom is 0.254 e. The molecule has 4 nitrogen and oxygen atoms in total. The van der Waals surface area contributed by atoms with Crippen molar-refractivity contribution < 1.29 is 4.79 Å². The van der Waals surface area contributed by atoms with E-state index in [0.717, 1.165) is 37.2 Å². The first-order chi connectivity index (χ1) is 9.02. The van der Waals surface area contributed by atoms with Crippen LogP contribution in [0.3, 0.4) is 0 Å². The lowest BCUT2D eigenvalue weighted by Crippen LogP contribution is -2.53. The van der Waals surface area contributed by atoms with Crippen LogP contribution in [-0.4, -0.2) is 48.4 Å². The molecule has 2 rings (SSSR count). The molecule has 0 radical (unpaired) electrons. The van der Waals surface area contributed by atoms with Crippen molar-refractivity contribution in [3.8, 4) is 0 Å². The van der Waals surface area contributed by atoms with Crippen LogP contribution in [0.1, 0.15) is 29.3 Å². The molecule has 1 aliphatic rings. The first-order valence-electron chi connectivity index (χ1n) is 6.88. The second kappa shape index (κ2) is 5.61. The molecule has 1 aromatic rings. The van der Waals surface area contributed by atoms with Crippen molar-refractivity contribution in [2.75, 3.05) is 32.4 Å². The molecule has 4 heteroatoms. The normalized spacial score (nSPS) is 20.6. The number of anilines is 1. The van der Waals surface area contributed by atoms with E-state index >= 15 is 0 Å². The minimum absolute atomic E-state index is 0.108. The Kier molecular flexibility index (Phi) is 4.10. The monoisotopic (exact) mass is 261 g/mol. The molecule has 1 aromatic carbocycles. The second-order valence-corrected chi connectivity index (χ2v) is 5.37. The SMILES string of the molecule is CCC1CN(C(=O)c2cc(N)ccc2C)CCN1C. The van der Waals surface area contributed by atoms with Gasteiger partial charge in [-0.3, -0.25) is 9.69 Å². The molecular formula is C15H23N3O. The average Bonchev–Trinajstić information content (AvgIpc) is 2.41. The molecule has 104 valence electrons. The number of aryl methyl sites for hydroxylation is 1. The van der Waals surface area contributed by atoms with Crippen LogP contribution in [0.15, 0.2) is 18.2 Å². The zero-order chi connectivity index (χ0) is 14.0. The first-order valence-corrected chi connectivity index (χ1v) is 6.88. The second-order valence-electron chi connectivity index (χ2n) is 5.37. The van der Waals surface area contributed by atoms with Crippen LogP contribution in [0.4, 0.5) is 5.69 Å². The van der Waals surface area contributed by atoms with Gasteiger partial charge in [-0.25, -0.2) is 0 Å². The fourth-order valence-corrected chi connectivity index (χ4v) is 2.61. The highest BCUT2D eigenvalue weighted by Gasteiger charge is 2.27. The van der Waals surface area contributed by atoms with Crippen molar-refractivity contribution in [2.45, 2.75) is 26.3 Å². The third-order valence-corrected chi connectivity index (χ3v) is 4.03. The predicted octanol–water partition coefficient (Wildman–Crippen LogP) is 1.74. The Morgan fingerprint density at radius 3 is 2.84 bits per heavy atom. The van der Waals surface area contributed by atoms with Gasteiger partial charge in [0.2, 0.25) is 0 Å². The molecule has 1 aliphatic heterocycles. The minimum atomic E-state index is 0.108. The van der Waals surface area contributed by atoms with Gasteiger partial charge in [0, 0.05) is 36.9 Å². The Balaban J connectivity index is 2.18. The topological polar surface area (TPSA) is 49.6 Å². The first kappa shape index (κ1) is 13.9. The van der Waals surface area contributed by atoms with Gasteiger partial charge in [0.05, 0.1) is 0 Å². The molecule has 1 fully saturated rings. The lowest BCUT2D eigenvalue weighted by molar-refractivity contribution is 0.0541. The summed E-state index contributed by atoms with van der Waals surface area (Å²) < 4.78 is 0. The maximum atomic E-state index is 12.6. The van der Waals surface area contributed by atoms with Gasteiger partial charge in [0.15, 0.2) is 0 Å². The van der Waals surface area contributed by atoms with E-state index in [9.17, 15) is 4.79 Å². The van der Waals surface area contributed by atoms with Gasteiger partial charge in [0.1, 0.15) is 0 Å². The standard InChI is InChI=1S/C15H23N3O/c1-4-13-10-18(8-7-17(13)3)15(19)14-9-12(16)6-5-11(14)2/h5-6,9,13H,4,7-8,10,16H2,1-3H3. The van der Waals surface area contributed by atoms with Gasteiger partial charge in [-0.05, 0) is 38.1 Å². The Morgan fingerprint density at radius 1 is 1.42 bits per heavy atom. The number of hydrogen-bond donors (Lipinski definition) is 1. The summed E-state index contributed by atoms with van der Waals surface area (Å²) in [5, 5.41) is 0. The van der Waals surface area contributed by atoms with Crippen LogP contribution in [0.5, 0.6) is 0 Å². The fourth-order valence-electron chi connectivity index (χ4n) is 2.61. The zero-order valence-corrected chi connectivity index (χ0v) is 12.0. The van der Waals surface area contributed by atoms with E-state index in [1.54, 1.807) is 6.07 Å². The Bertz CT molecular complexity index is 472. The summed E-state index contributed by atoms with van der Waals surface area (Å²) in [5.74, 6) is 0.108. The van der Waals surface area contributed by atoms with Crippen molar-refractivity contribution in [3.05, 3.63) is 29.3 Å². The largest absolute Gasteiger partial charge is 0.399 e. The number of hydrogen-bond acceptors (Lipinski definition) is 3. The number of nitrogens with two attached hydrogens (primary N) is 1. The number of nitrogens with zero attached hydrogens (tertiary/aromatic N) is 2. The number of benzene rings is 1. The summed E-state index contributed by atoms with van der Waals surface area (Å²) in [6.45, 7) is 6.66. The zero-order valence-electron chi connectivity index (χ0n) is 12.0. The van der Waals surface area contributed by atoms with E-state index < -0.39 is 0 Å². The van der Waals surface area contributed by atoms with E-state index in [0.29, 0.717) is 11.7 Å². The highest BCUT2D eigenvalue weighted by Crippen LogP contribution is 2.18. The number of carbonyl (C=O) groups excluding carboxylic acids is 1. The third-order valence-electron chi connectivity index (χ3n) is 4.03.